The number of aryl methyl sites for hydroxylation is 2. The highest BCUT2D eigenvalue weighted by Crippen LogP contribution is 2.21. The number of hydrogen-bond acceptors (Lipinski definition) is 2. The van der Waals surface area contributed by atoms with Crippen molar-refractivity contribution in [1.82, 2.24) is 0 Å². The van der Waals surface area contributed by atoms with Gasteiger partial charge in [-0.15, -0.1) is 0 Å². The lowest BCUT2D eigenvalue weighted by atomic mass is 10.1. The van der Waals surface area contributed by atoms with E-state index < -0.39 is 0 Å². The molecule has 0 saturated carbocycles. The van der Waals surface area contributed by atoms with Gasteiger partial charge in [-0.05, 0) is 71.8 Å². The van der Waals surface area contributed by atoms with Gasteiger partial charge < -0.3 is 10.6 Å². The highest BCUT2D eigenvalue weighted by atomic mass is 127. The number of carbonyl (C=O) groups is 2. The van der Waals surface area contributed by atoms with E-state index in [4.69, 9.17) is 0 Å². The second-order valence-electron chi connectivity index (χ2n) is 5.35. The summed E-state index contributed by atoms with van der Waals surface area (Å²) in [4.78, 5) is 23.9. The summed E-state index contributed by atoms with van der Waals surface area (Å²) in [5.41, 5.74) is 4.08. The molecule has 0 atom stereocenters. The molecular weight excluding hydrogens is 403 g/mol. The van der Waals surface area contributed by atoms with Crippen molar-refractivity contribution in [3.63, 3.8) is 0 Å². The molecule has 120 valence electrons. The first-order valence-electron chi connectivity index (χ1n) is 7.38. The summed E-state index contributed by atoms with van der Waals surface area (Å²) in [6.07, 6.45) is 0.415. The minimum Gasteiger partial charge on any atom is -0.326 e. The standard InChI is InChI=1S/C18H19IN2O2/c1-4-17(22)21-16-10-14(8-6-12(16)3)20-18(23)13-7-5-11(2)15(19)9-13/h5-10H,4H2,1-3H3,(H,20,23)(H,21,22). The molecule has 0 radical (unpaired) electrons. The van der Waals surface area contributed by atoms with Crippen molar-refractivity contribution in [3.05, 3.63) is 56.7 Å². The normalized spacial score (nSPS) is 10.3. The van der Waals surface area contributed by atoms with Crippen LogP contribution in [0.4, 0.5) is 11.4 Å². The SMILES string of the molecule is CCC(=O)Nc1cc(NC(=O)c2ccc(C)c(I)c2)ccc1C. The molecule has 0 saturated heterocycles. The molecular formula is C18H19IN2O2. The van der Waals surface area contributed by atoms with E-state index in [1.165, 1.54) is 0 Å². The minimum atomic E-state index is -0.167. The molecule has 5 heteroatoms. The Labute approximate surface area is 149 Å². The van der Waals surface area contributed by atoms with Gasteiger partial charge in [0.1, 0.15) is 0 Å². The van der Waals surface area contributed by atoms with Crippen molar-refractivity contribution in [2.45, 2.75) is 27.2 Å². The molecule has 2 N–H and O–H groups in total. The molecule has 0 unspecified atom stereocenters. The number of hydrogen-bond donors (Lipinski definition) is 2. The molecule has 0 aliphatic heterocycles. The monoisotopic (exact) mass is 422 g/mol. The van der Waals surface area contributed by atoms with E-state index in [2.05, 4.69) is 33.2 Å². The van der Waals surface area contributed by atoms with E-state index >= 15 is 0 Å². The molecule has 2 amide bonds. The largest absolute Gasteiger partial charge is 0.326 e. The molecule has 0 aliphatic rings. The van der Waals surface area contributed by atoms with Crippen LogP contribution in [0.1, 0.15) is 34.8 Å². The quantitative estimate of drug-likeness (QED) is 0.713. The summed E-state index contributed by atoms with van der Waals surface area (Å²) >= 11 is 2.21. The van der Waals surface area contributed by atoms with Gasteiger partial charge in [0.2, 0.25) is 5.91 Å². The van der Waals surface area contributed by atoms with Gasteiger partial charge >= 0.3 is 0 Å². The van der Waals surface area contributed by atoms with Gasteiger partial charge in [-0.3, -0.25) is 9.59 Å². The fourth-order valence-electron chi connectivity index (χ4n) is 2.01. The van der Waals surface area contributed by atoms with Crippen molar-refractivity contribution >= 4 is 45.8 Å². The Balaban J connectivity index is 2.19. The number of benzene rings is 2. The minimum absolute atomic E-state index is 0.0512. The average Bonchev–Trinajstić information content (AvgIpc) is 2.53. The van der Waals surface area contributed by atoms with E-state index in [0.29, 0.717) is 23.4 Å². The summed E-state index contributed by atoms with van der Waals surface area (Å²) < 4.78 is 1.05. The van der Waals surface area contributed by atoms with Crippen molar-refractivity contribution in [1.29, 1.82) is 0 Å². The first kappa shape index (κ1) is 17.5. The lowest BCUT2D eigenvalue weighted by molar-refractivity contribution is -0.115. The average molecular weight is 422 g/mol. The number of nitrogens with one attached hydrogen (secondary N) is 2. The zero-order valence-corrected chi connectivity index (χ0v) is 15.5. The molecule has 23 heavy (non-hydrogen) atoms. The van der Waals surface area contributed by atoms with E-state index in [1.54, 1.807) is 19.1 Å². The Bertz CT molecular complexity index is 757. The van der Waals surface area contributed by atoms with Gasteiger partial charge in [-0.1, -0.05) is 19.1 Å². The smallest absolute Gasteiger partial charge is 0.255 e. The highest BCUT2D eigenvalue weighted by Gasteiger charge is 2.09. The van der Waals surface area contributed by atoms with Crippen molar-refractivity contribution in [2.75, 3.05) is 10.6 Å². The zero-order valence-electron chi connectivity index (χ0n) is 13.4. The van der Waals surface area contributed by atoms with Crippen LogP contribution < -0.4 is 10.6 Å². The molecule has 0 aromatic heterocycles. The molecule has 2 aromatic rings. The fourth-order valence-corrected chi connectivity index (χ4v) is 2.53. The Hall–Kier alpha value is -1.89. The van der Waals surface area contributed by atoms with Crippen LogP contribution in [0.25, 0.3) is 0 Å². The lowest BCUT2D eigenvalue weighted by Crippen LogP contribution is -2.14. The first-order chi connectivity index (χ1) is 10.9. The van der Waals surface area contributed by atoms with Gasteiger partial charge in [0, 0.05) is 26.9 Å². The molecule has 0 aliphatic carbocycles. The Kier molecular flexibility index (Phi) is 5.76. The van der Waals surface area contributed by atoms with Crippen molar-refractivity contribution in [3.8, 4) is 0 Å². The van der Waals surface area contributed by atoms with E-state index in [0.717, 1.165) is 14.7 Å². The number of amides is 2. The van der Waals surface area contributed by atoms with Gasteiger partial charge in [0.15, 0.2) is 0 Å². The molecule has 2 aromatic carbocycles. The number of halogens is 1. The predicted molar refractivity (Wildman–Crippen MR) is 102 cm³/mol. The molecule has 4 nitrogen and oxygen atoms in total. The third-order valence-corrected chi connectivity index (χ3v) is 4.69. The van der Waals surface area contributed by atoms with E-state index in [9.17, 15) is 9.59 Å². The van der Waals surface area contributed by atoms with E-state index in [-0.39, 0.29) is 11.8 Å². The van der Waals surface area contributed by atoms with Crippen LogP contribution in [0.5, 0.6) is 0 Å². The summed E-state index contributed by atoms with van der Waals surface area (Å²) in [5, 5.41) is 5.71. The van der Waals surface area contributed by atoms with Crippen molar-refractivity contribution in [2.24, 2.45) is 0 Å². The lowest BCUT2D eigenvalue weighted by Gasteiger charge is -2.11. The zero-order chi connectivity index (χ0) is 17.0. The van der Waals surface area contributed by atoms with Gasteiger partial charge in [0.25, 0.3) is 5.91 Å². The van der Waals surface area contributed by atoms with Crippen LogP contribution in [0.3, 0.4) is 0 Å². The summed E-state index contributed by atoms with van der Waals surface area (Å²) in [6, 6.07) is 11.1. The van der Waals surface area contributed by atoms with Crippen LogP contribution in [0.15, 0.2) is 36.4 Å². The van der Waals surface area contributed by atoms with Crippen LogP contribution in [-0.2, 0) is 4.79 Å². The molecule has 0 heterocycles. The maximum atomic E-state index is 12.4. The van der Waals surface area contributed by atoms with Crippen LogP contribution in [-0.4, -0.2) is 11.8 Å². The third kappa shape index (κ3) is 4.54. The summed E-state index contributed by atoms with van der Waals surface area (Å²) in [5.74, 6) is -0.218. The van der Waals surface area contributed by atoms with E-state index in [1.807, 2.05) is 38.1 Å². The van der Waals surface area contributed by atoms with Crippen LogP contribution >= 0.6 is 22.6 Å². The number of carbonyl (C=O) groups excluding carboxylic acids is 2. The Morgan fingerprint density at radius 2 is 1.70 bits per heavy atom. The molecule has 0 fully saturated rings. The maximum Gasteiger partial charge on any atom is 0.255 e. The first-order valence-corrected chi connectivity index (χ1v) is 8.46. The highest BCUT2D eigenvalue weighted by molar-refractivity contribution is 14.1. The second-order valence-corrected chi connectivity index (χ2v) is 6.51. The van der Waals surface area contributed by atoms with Gasteiger partial charge in [-0.25, -0.2) is 0 Å². The Morgan fingerprint density at radius 1 is 1.00 bits per heavy atom. The van der Waals surface area contributed by atoms with Crippen molar-refractivity contribution < 1.29 is 9.59 Å². The second kappa shape index (κ2) is 7.59. The predicted octanol–water partition coefficient (Wildman–Crippen LogP) is 4.51. The van der Waals surface area contributed by atoms with Crippen LogP contribution in [0, 0.1) is 17.4 Å². The number of anilines is 2. The number of rotatable bonds is 4. The fraction of sp³-hybridized carbons (Fsp3) is 0.222. The summed E-state index contributed by atoms with van der Waals surface area (Å²) in [7, 11) is 0. The van der Waals surface area contributed by atoms with Gasteiger partial charge in [-0.2, -0.15) is 0 Å². The Morgan fingerprint density at radius 3 is 2.35 bits per heavy atom. The maximum absolute atomic E-state index is 12.4. The summed E-state index contributed by atoms with van der Waals surface area (Å²) in [6.45, 7) is 5.72. The van der Waals surface area contributed by atoms with Gasteiger partial charge in [0.05, 0.1) is 0 Å². The molecule has 2 rings (SSSR count). The topological polar surface area (TPSA) is 58.2 Å². The third-order valence-electron chi connectivity index (χ3n) is 3.52. The van der Waals surface area contributed by atoms with Crippen LogP contribution in [0.2, 0.25) is 0 Å². The molecule has 0 spiro atoms. The molecule has 0 bridgehead atoms.